The normalized spacial score (nSPS) is 11.2. The maximum atomic E-state index is 5.19. The molecule has 0 bridgehead atoms. The van der Waals surface area contributed by atoms with Gasteiger partial charge in [-0.25, -0.2) is 0 Å². The molecule has 2 aromatic rings. The molecule has 0 aliphatic carbocycles. The predicted octanol–water partition coefficient (Wildman–Crippen LogP) is 3.40. The van der Waals surface area contributed by atoms with Crippen LogP contribution in [0.15, 0.2) is 25.7 Å². The smallest absolute Gasteiger partial charge is 0.240 e. The van der Waals surface area contributed by atoms with E-state index in [4.69, 9.17) is 4.52 Å². The highest BCUT2D eigenvalue weighted by Gasteiger charge is 2.13. The highest BCUT2D eigenvalue weighted by molar-refractivity contribution is 9.11. The number of halogens is 2. The van der Waals surface area contributed by atoms with E-state index in [1.807, 2.05) is 6.07 Å². The zero-order valence-corrected chi connectivity index (χ0v) is 13.8. The number of hydrogen-bond donors (Lipinski definition) is 1. The second kappa shape index (κ2) is 6.58. The van der Waals surface area contributed by atoms with Crippen molar-refractivity contribution in [3.8, 4) is 11.5 Å². The van der Waals surface area contributed by atoms with Gasteiger partial charge in [0.2, 0.25) is 11.7 Å². The van der Waals surface area contributed by atoms with Crippen LogP contribution in [0.25, 0.3) is 11.5 Å². The first-order valence-electron chi connectivity index (χ1n) is 5.91. The van der Waals surface area contributed by atoms with Gasteiger partial charge >= 0.3 is 0 Å². The maximum Gasteiger partial charge on any atom is 0.240 e. The average Bonchev–Trinajstić information content (AvgIpc) is 2.77. The lowest BCUT2D eigenvalue weighted by molar-refractivity contribution is 0.364. The Bertz CT molecular complexity index is 556. The van der Waals surface area contributed by atoms with Crippen LogP contribution in [0.5, 0.6) is 0 Å². The van der Waals surface area contributed by atoms with Crippen LogP contribution in [-0.4, -0.2) is 21.7 Å². The Kier molecular flexibility index (Phi) is 5.06. The molecule has 102 valence electrons. The first-order valence-corrected chi connectivity index (χ1v) is 7.49. The molecule has 0 aromatic carbocycles. The Morgan fingerprint density at radius 3 is 2.84 bits per heavy atom. The van der Waals surface area contributed by atoms with E-state index >= 15 is 0 Å². The largest absolute Gasteiger partial charge is 0.337 e. The van der Waals surface area contributed by atoms with E-state index in [-0.39, 0.29) is 0 Å². The molecule has 2 aromatic heterocycles. The van der Waals surface area contributed by atoms with Crippen LogP contribution in [0.2, 0.25) is 0 Å². The van der Waals surface area contributed by atoms with Gasteiger partial charge in [-0.15, -0.1) is 0 Å². The molecule has 2 rings (SSSR count). The SMILES string of the molecule is CC(C)CNCc1nc(-c2ncc(Br)cc2Br)no1. The maximum absolute atomic E-state index is 5.19. The van der Waals surface area contributed by atoms with Crippen molar-refractivity contribution in [3.63, 3.8) is 0 Å². The molecule has 0 aliphatic rings. The second-order valence-electron chi connectivity index (χ2n) is 4.52. The molecule has 2 heterocycles. The molecule has 0 spiro atoms. The molecule has 0 amide bonds. The highest BCUT2D eigenvalue weighted by Crippen LogP contribution is 2.26. The van der Waals surface area contributed by atoms with Crippen molar-refractivity contribution in [2.75, 3.05) is 6.54 Å². The van der Waals surface area contributed by atoms with Gasteiger partial charge < -0.3 is 9.84 Å². The van der Waals surface area contributed by atoms with Crippen molar-refractivity contribution in [1.29, 1.82) is 0 Å². The van der Waals surface area contributed by atoms with E-state index in [9.17, 15) is 0 Å². The van der Waals surface area contributed by atoms with Crippen LogP contribution < -0.4 is 5.32 Å². The van der Waals surface area contributed by atoms with Gasteiger partial charge in [0, 0.05) is 15.1 Å². The summed E-state index contributed by atoms with van der Waals surface area (Å²) in [6.07, 6.45) is 1.70. The Labute approximate surface area is 128 Å². The van der Waals surface area contributed by atoms with E-state index in [0.29, 0.717) is 29.9 Å². The highest BCUT2D eigenvalue weighted by atomic mass is 79.9. The first kappa shape index (κ1) is 14.6. The Morgan fingerprint density at radius 1 is 1.37 bits per heavy atom. The van der Waals surface area contributed by atoms with Crippen LogP contribution >= 0.6 is 31.9 Å². The third kappa shape index (κ3) is 4.09. The number of pyridine rings is 1. The quantitative estimate of drug-likeness (QED) is 0.848. The summed E-state index contributed by atoms with van der Waals surface area (Å²) in [6.45, 7) is 5.78. The van der Waals surface area contributed by atoms with Crippen LogP contribution in [0.4, 0.5) is 0 Å². The summed E-state index contributed by atoms with van der Waals surface area (Å²) in [5.74, 6) is 1.64. The van der Waals surface area contributed by atoms with E-state index in [1.54, 1.807) is 6.20 Å². The van der Waals surface area contributed by atoms with Crippen molar-refractivity contribution in [2.45, 2.75) is 20.4 Å². The number of nitrogens with zero attached hydrogens (tertiary/aromatic N) is 3. The number of rotatable bonds is 5. The fourth-order valence-corrected chi connectivity index (χ4v) is 2.63. The molecule has 0 radical (unpaired) electrons. The molecule has 0 aliphatic heterocycles. The van der Waals surface area contributed by atoms with Gasteiger partial charge in [0.15, 0.2) is 0 Å². The summed E-state index contributed by atoms with van der Waals surface area (Å²) < 4.78 is 6.91. The lowest BCUT2D eigenvalue weighted by atomic mass is 10.2. The van der Waals surface area contributed by atoms with Gasteiger partial charge in [0.1, 0.15) is 5.69 Å². The average molecular weight is 390 g/mol. The monoisotopic (exact) mass is 388 g/mol. The Hall–Kier alpha value is -0.790. The number of nitrogens with one attached hydrogen (secondary N) is 1. The molecular weight excluding hydrogens is 376 g/mol. The van der Waals surface area contributed by atoms with Gasteiger partial charge in [0.25, 0.3) is 0 Å². The van der Waals surface area contributed by atoms with E-state index in [1.165, 1.54) is 0 Å². The summed E-state index contributed by atoms with van der Waals surface area (Å²) >= 11 is 6.79. The molecule has 0 unspecified atom stereocenters. The molecular formula is C12H14Br2N4O. The zero-order valence-electron chi connectivity index (χ0n) is 10.7. The number of aromatic nitrogens is 3. The van der Waals surface area contributed by atoms with E-state index in [0.717, 1.165) is 15.5 Å². The van der Waals surface area contributed by atoms with Crippen molar-refractivity contribution >= 4 is 31.9 Å². The predicted molar refractivity (Wildman–Crippen MR) is 79.5 cm³/mol. The summed E-state index contributed by atoms with van der Waals surface area (Å²) in [6, 6.07) is 1.90. The number of hydrogen-bond acceptors (Lipinski definition) is 5. The van der Waals surface area contributed by atoms with Crippen molar-refractivity contribution in [1.82, 2.24) is 20.4 Å². The second-order valence-corrected chi connectivity index (χ2v) is 6.29. The molecule has 0 atom stereocenters. The summed E-state index contributed by atoms with van der Waals surface area (Å²) in [7, 11) is 0. The zero-order chi connectivity index (χ0) is 13.8. The molecule has 19 heavy (non-hydrogen) atoms. The van der Waals surface area contributed by atoms with Gasteiger partial charge in [0.05, 0.1) is 6.54 Å². The molecule has 1 N–H and O–H groups in total. The standard InChI is InChI=1S/C12H14Br2N4O/c1-7(2)4-15-6-10-17-12(18-19-10)11-9(14)3-8(13)5-16-11/h3,5,7,15H,4,6H2,1-2H3. The molecule has 0 saturated heterocycles. The minimum absolute atomic E-state index is 0.487. The summed E-state index contributed by atoms with van der Waals surface area (Å²) in [4.78, 5) is 8.59. The Morgan fingerprint density at radius 2 is 2.16 bits per heavy atom. The summed E-state index contributed by atoms with van der Waals surface area (Å²) in [5.41, 5.74) is 0.669. The molecule has 0 fully saturated rings. The van der Waals surface area contributed by atoms with E-state index in [2.05, 4.69) is 66.1 Å². The summed E-state index contributed by atoms with van der Waals surface area (Å²) in [5, 5.41) is 7.19. The molecule has 7 heteroatoms. The minimum atomic E-state index is 0.487. The van der Waals surface area contributed by atoms with Crippen LogP contribution in [0.1, 0.15) is 19.7 Å². The van der Waals surface area contributed by atoms with Gasteiger partial charge in [-0.1, -0.05) is 19.0 Å². The minimum Gasteiger partial charge on any atom is -0.337 e. The lowest BCUT2D eigenvalue weighted by Gasteiger charge is -2.03. The fraction of sp³-hybridized carbons (Fsp3) is 0.417. The molecule has 0 saturated carbocycles. The van der Waals surface area contributed by atoms with Crippen LogP contribution in [0, 0.1) is 5.92 Å². The molecule has 5 nitrogen and oxygen atoms in total. The van der Waals surface area contributed by atoms with Gasteiger partial charge in [-0.05, 0) is 50.4 Å². The van der Waals surface area contributed by atoms with Crippen LogP contribution in [-0.2, 0) is 6.54 Å². The third-order valence-corrected chi connectivity index (χ3v) is 3.35. The van der Waals surface area contributed by atoms with Crippen molar-refractivity contribution in [3.05, 3.63) is 27.1 Å². The fourth-order valence-electron chi connectivity index (χ4n) is 1.47. The van der Waals surface area contributed by atoms with Crippen LogP contribution in [0.3, 0.4) is 0 Å². The topological polar surface area (TPSA) is 63.8 Å². The van der Waals surface area contributed by atoms with E-state index < -0.39 is 0 Å². The third-order valence-electron chi connectivity index (χ3n) is 2.32. The van der Waals surface area contributed by atoms with Crippen molar-refractivity contribution in [2.24, 2.45) is 5.92 Å². The van der Waals surface area contributed by atoms with Gasteiger partial charge in [-0.3, -0.25) is 4.98 Å². The lowest BCUT2D eigenvalue weighted by Crippen LogP contribution is -2.19. The van der Waals surface area contributed by atoms with Gasteiger partial charge in [-0.2, -0.15) is 4.98 Å². The Balaban J connectivity index is 2.08. The first-order chi connectivity index (χ1) is 9.06. The van der Waals surface area contributed by atoms with Crippen molar-refractivity contribution < 1.29 is 4.52 Å².